The van der Waals surface area contributed by atoms with Crippen LogP contribution >= 0.6 is 0 Å². The molecule has 0 radical (unpaired) electrons. The van der Waals surface area contributed by atoms with Gasteiger partial charge in [-0.05, 0) is 11.5 Å². The molecule has 0 aliphatic heterocycles. The second-order valence-electron chi connectivity index (χ2n) is 4.49. The molecule has 0 bridgehead atoms. The molecule has 0 unspecified atom stereocenters. The van der Waals surface area contributed by atoms with Gasteiger partial charge in [-0.25, -0.2) is 0 Å². The van der Waals surface area contributed by atoms with Crippen LogP contribution in [0.5, 0.6) is 5.75 Å². The topological polar surface area (TPSA) is 27.1 Å². The predicted octanol–water partition coefficient (Wildman–Crippen LogP) is 3.22. The molecule has 2 aromatic rings. The van der Waals surface area contributed by atoms with E-state index in [4.69, 9.17) is 4.74 Å². The highest BCUT2D eigenvalue weighted by Crippen LogP contribution is 2.36. The molecule has 0 aliphatic rings. The molecule has 3 heteroatoms. The molecule has 90 valence electrons. The van der Waals surface area contributed by atoms with Crippen molar-refractivity contribution in [3.8, 4) is 16.9 Å². The summed E-state index contributed by atoms with van der Waals surface area (Å²) in [6.45, 7) is 4.34. The van der Waals surface area contributed by atoms with Crippen LogP contribution in [0.4, 0.5) is 0 Å². The van der Waals surface area contributed by atoms with Crippen LogP contribution in [0, 0.1) is 0 Å². The molecule has 1 heterocycles. The number of rotatable bonds is 3. The molecule has 0 spiro atoms. The number of hydrogen-bond donors (Lipinski definition) is 0. The number of ether oxygens (including phenoxy) is 1. The second-order valence-corrected chi connectivity index (χ2v) is 4.49. The summed E-state index contributed by atoms with van der Waals surface area (Å²) in [7, 11) is 3.64. The fourth-order valence-corrected chi connectivity index (χ4v) is 2.02. The number of aromatic nitrogens is 2. The molecular formula is C14H18N2O. The Balaban J connectivity index is 2.58. The van der Waals surface area contributed by atoms with Crippen molar-refractivity contribution in [1.29, 1.82) is 0 Å². The van der Waals surface area contributed by atoms with Gasteiger partial charge in [0.05, 0.1) is 13.3 Å². The number of hydrogen-bond acceptors (Lipinski definition) is 2. The van der Waals surface area contributed by atoms with Crippen LogP contribution < -0.4 is 4.74 Å². The summed E-state index contributed by atoms with van der Waals surface area (Å²) in [6, 6.07) is 6.26. The maximum absolute atomic E-state index is 5.56. The Morgan fingerprint density at radius 3 is 2.59 bits per heavy atom. The van der Waals surface area contributed by atoms with Crippen LogP contribution in [-0.4, -0.2) is 16.9 Å². The zero-order valence-electron chi connectivity index (χ0n) is 10.8. The van der Waals surface area contributed by atoms with E-state index in [-0.39, 0.29) is 0 Å². The first-order valence-electron chi connectivity index (χ1n) is 5.79. The molecule has 0 saturated heterocycles. The van der Waals surface area contributed by atoms with Gasteiger partial charge in [0, 0.05) is 24.4 Å². The van der Waals surface area contributed by atoms with Gasteiger partial charge in [-0.2, -0.15) is 5.10 Å². The molecule has 0 aliphatic carbocycles. The summed E-state index contributed by atoms with van der Waals surface area (Å²) < 4.78 is 7.37. The average molecular weight is 230 g/mol. The number of nitrogens with zero attached hydrogens (tertiary/aromatic N) is 2. The van der Waals surface area contributed by atoms with Crippen molar-refractivity contribution in [2.45, 2.75) is 19.8 Å². The van der Waals surface area contributed by atoms with Crippen LogP contribution in [0.15, 0.2) is 30.6 Å². The molecule has 3 nitrogen and oxygen atoms in total. The van der Waals surface area contributed by atoms with E-state index in [1.54, 1.807) is 11.8 Å². The molecule has 1 aromatic carbocycles. The van der Waals surface area contributed by atoms with Gasteiger partial charge in [0.15, 0.2) is 0 Å². The fraction of sp³-hybridized carbons (Fsp3) is 0.357. The summed E-state index contributed by atoms with van der Waals surface area (Å²) in [5.41, 5.74) is 3.42. The Hall–Kier alpha value is -1.77. The van der Waals surface area contributed by atoms with Gasteiger partial charge in [0.1, 0.15) is 5.75 Å². The predicted molar refractivity (Wildman–Crippen MR) is 69.3 cm³/mol. The highest BCUT2D eigenvalue weighted by Gasteiger charge is 2.13. The molecule has 2 rings (SSSR count). The van der Waals surface area contributed by atoms with E-state index in [0.29, 0.717) is 5.92 Å². The van der Waals surface area contributed by atoms with Crippen LogP contribution in [0.1, 0.15) is 25.3 Å². The molecule has 0 atom stereocenters. The van der Waals surface area contributed by atoms with Crippen molar-refractivity contribution < 1.29 is 4.74 Å². The standard InChI is InChI=1S/C14H18N2O/c1-10(2)12-6-5-7-13(14(12)17-4)11-8-15-16(3)9-11/h5-10H,1-4H3. The van der Waals surface area contributed by atoms with Crippen LogP contribution in [0.3, 0.4) is 0 Å². The lowest BCUT2D eigenvalue weighted by atomic mass is 9.97. The first-order valence-corrected chi connectivity index (χ1v) is 5.79. The zero-order chi connectivity index (χ0) is 12.4. The van der Waals surface area contributed by atoms with E-state index in [1.165, 1.54) is 5.56 Å². The lowest BCUT2D eigenvalue weighted by Crippen LogP contribution is -1.96. The number of aryl methyl sites for hydroxylation is 1. The summed E-state index contributed by atoms with van der Waals surface area (Å²) in [6.07, 6.45) is 3.86. The average Bonchev–Trinajstić information content (AvgIpc) is 2.74. The SMILES string of the molecule is COc1c(-c2cnn(C)c2)cccc1C(C)C. The normalized spacial score (nSPS) is 10.9. The summed E-state index contributed by atoms with van der Waals surface area (Å²) in [5, 5.41) is 4.20. The third-order valence-electron chi connectivity index (χ3n) is 2.89. The maximum Gasteiger partial charge on any atom is 0.130 e. The third kappa shape index (κ3) is 2.18. The van der Waals surface area contributed by atoms with E-state index in [1.807, 2.05) is 19.4 Å². The fourth-order valence-electron chi connectivity index (χ4n) is 2.02. The van der Waals surface area contributed by atoms with E-state index < -0.39 is 0 Å². The Labute approximate surface area is 102 Å². The van der Waals surface area contributed by atoms with Crippen LogP contribution in [0.2, 0.25) is 0 Å². The maximum atomic E-state index is 5.56. The minimum atomic E-state index is 0.446. The first kappa shape index (κ1) is 11.7. The van der Waals surface area contributed by atoms with Gasteiger partial charge >= 0.3 is 0 Å². The van der Waals surface area contributed by atoms with Crippen LogP contribution in [0.25, 0.3) is 11.1 Å². The minimum Gasteiger partial charge on any atom is -0.496 e. The quantitative estimate of drug-likeness (QED) is 0.809. The summed E-state index contributed by atoms with van der Waals surface area (Å²) in [4.78, 5) is 0. The highest BCUT2D eigenvalue weighted by atomic mass is 16.5. The lowest BCUT2D eigenvalue weighted by Gasteiger charge is -2.15. The van der Waals surface area contributed by atoms with Gasteiger partial charge in [0.2, 0.25) is 0 Å². The van der Waals surface area contributed by atoms with Crippen molar-refractivity contribution in [3.05, 3.63) is 36.2 Å². The molecular weight excluding hydrogens is 212 g/mol. The van der Waals surface area contributed by atoms with Crippen molar-refractivity contribution in [2.24, 2.45) is 7.05 Å². The minimum absolute atomic E-state index is 0.446. The van der Waals surface area contributed by atoms with E-state index in [9.17, 15) is 0 Å². The van der Waals surface area contributed by atoms with Gasteiger partial charge in [-0.1, -0.05) is 32.0 Å². The Morgan fingerprint density at radius 2 is 2.06 bits per heavy atom. The van der Waals surface area contributed by atoms with Crippen LogP contribution in [-0.2, 0) is 7.05 Å². The molecule has 0 fully saturated rings. The van der Waals surface area contributed by atoms with Crippen molar-refractivity contribution >= 4 is 0 Å². The second kappa shape index (κ2) is 4.62. The molecule has 17 heavy (non-hydrogen) atoms. The van der Waals surface area contributed by atoms with Gasteiger partial charge < -0.3 is 4.74 Å². The Morgan fingerprint density at radius 1 is 1.29 bits per heavy atom. The number of para-hydroxylation sites is 1. The van der Waals surface area contributed by atoms with Gasteiger partial charge in [0.25, 0.3) is 0 Å². The molecule has 1 aromatic heterocycles. The Bertz CT molecular complexity index is 515. The molecule has 0 N–H and O–H groups in total. The third-order valence-corrected chi connectivity index (χ3v) is 2.89. The van der Waals surface area contributed by atoms with E-state index >= 15 is 0 Å². The monoisotopic (exact) mass is 230 g/mol. The summed E-state index contributed by atoms with van der Waals surface area (Å²) >= 11 is 0. The zero-order valence-corrected chi connectivity index (χ0v) is 10.8. The van der Waals surface area contributed by atoms with Gasteiger partial charge in [-0.15, -0.1) is 0 Å². The van der Waals surface area contributed by atoms with Gasteiger partial charge in [-0.3, -0.25) is 4.68 Å². The smallest absolute Gasteiger partial charge is 0.130 e. The summed E-state index contributed by atoms with van der Waals surface area (Å²) in [5.74, 6) is 1.40. The lowest BCUT2D eigenvalue weighted by molar-refractivity contribution is 0.409. The van der Waals surface area contributed by atoms with Crippen molar-refractivity contribution in [2.75, 3.05) is 7.11 Å². The largest absolute Gasteiger partial charge is 0.496 e. The first-order chi connectivity index (χ1) is 8.13. The number of benzene rings is 1. The highest BCUT2D eigenvalue weighted by molar-refractivity contribution is 5.71. The Kier molecular flexibility index (Phi) is 3.18. The molecule has 0 amide bonds. The van der Waals surface area contributed by atoms with E-state index in [2.05, 4.69) is 37.1 Å². The number of methoxy groups -OCH3 is 1. The van der Waals surface area contributed by atoms with E-state index in [0.717, 1.165) is 16.9 Å². The van der Waals surface area contributed by atoms with Crippen molar-refractivity contribution in [1.82, 2.24) is 9.78 Å². The molecule has 0 saturated carbocycles. The van der Waals surface area contributed by atoms with Crippen molar-refractivity contribution in [3.63, 3.8) is 0 Å².